The molecule has 0 atom stereocenters. The minimum Gasteiger partial charge on any atom is -0.490 e. The highest BCUT2D eigenvalue weighted by molar-refractivity contribution is 7.89. The number of amides is 1. The molecule has 0 saturated carbocycles. The van der Waals surface area contributed by atoms with Crippen LogP contribution in [0.1, 0.15) is 12.5 Å². The van der Waals surface area contributed by atoms with Crippen LogP contribution in [0, 0.1) is 0 Å². The Labute approximate surface area is 183 Å². The van der Waals surface area contributed by atoms with Gasteiger partial charge in [-0.25, -0.2) is 8.42 Å². The van der Waals surface area contributed by atoms with Gasteiger partial charge in [-0.15, -0.1) is 0 Å². The summed E-state index contributed by atoms with van der Waals surface area (Å²) < 4.78 is 38.1. The summed E-state index contributed by atoms with van der Waals surface area (Å²) in [5.74, 6) is 0.827. The van der Waals surface area contributed by atoms with Gasteiger partial charge in [-0.3, -0.25) is 4.79 Å². The third-order valence-electron chi connectivity index (χ3n) is 5.02. The van der Waals surface area contributed by atoms with Gasteiger partial charge in [-0.1, -0.05) is 24.3 Å². The third kappa shape index (κ3) is 6.19. The van der Waals surface area contributed by atoms with E-state index in [2.05, 4.69) is 10.2 Å². The Morgan fingerprint density at radius 3 is 2.19 bits per heavy atom. The summed E-state index contributed by atoms with van der Waals surface area (Å²) in [4.78, 5) is 14.5. The number of ether oxygens (including phenoxy) is 2. The number of hydrogen-bond acceptors (Lipinski definition) is 6. The number of carbonyl (C=O) groups is 1. The van der Waals surface area contributed by atoms with Gasteiger partial charge in [0, 0.05) is 32.7 Å². The first-order valence-corrected chi connectivity index (χ1v) is 11.7. The molecule has 31 heavy (non-hydrogen) atoms. The van der Waals surface area contributed by atoms with Crippen LogP contribution in [-0.2, 0) is 21.4 Å². The predicted molar refractivity (Wildman–Crippen MR) is 118 cm³/mol. The normalized spacial score (nSPS) is 15.4. The fraction of sp³-hybridized carbons (Fsp3) is 0.409. The smallest absolute Gasteiger partial charge is 0.258 e. The average Bonchev–Trinajstić information content (AvgIpc) is 2.78. The summed E-state index contributed by atoms with van der Waals surface area (Å²) in [7, 11) is -1.51. The van der Waals surface area contributed by atoms with Gasteiger partial charge in [0.1, 0.15) is 0 Å². The van der Waals surface area contributed by atoms with E-state index in [1.54, 1.807) is 36.4 Å². The van der Waals surface area contributed by atoms with Crippen LogP contribution in [0.3, 0.4) is 0 Å². The van der Waals surface area contributed by atoms with Gasteiger partial charge in [0.15, 0.2) is 18.1 Å². The molecule has 1 aliphatic heterocycles. The van der Waals surface area contributed by atoms with E-state index in [1.165, 1.54) is 4.31 Å². The maximum atomic E-state index is 12.8. The van der Waals surface area contributed by atoms with Crippen LogP contribution >= 0.6 is 0 Å². The van der Waals surface area contributed by atoms with Crippen molar-refractivity contribution in [2.24, 2.45) is 0 Å². The summed E-state index contributed by atoms with van der Waals surface area (Å²) >= 11 is 0. The minimum absolute atomic E-state index is 0.139. The van der Waals surface area contributed by atoms with Crippen LogP contribution in [0.2, 0.25) is 0 Å². The highest BCUT2D eigenvalue weighted by atomic mass is 32.2. The number of piperazine rings is 1. The Morgan fingerprint density at radius 2 is 1.58 bits per heavy atom. The van der Waals surface area contributed by atoms with E-state index in [-0.39, 0.29) is 24.0 Å². The maximum absolute atomic E-state index is 12.8. The van der Waals surface area contributed by atoms with Crippen LogP contribution in [0.25, 0.3) is 0 Å². The molecule has 1 amide bonds. The van der Waals surface area contributed by atoms with Crippen molar-refractivity contribution in [1.82, 2.24) is 14.5 Å². The molecule has 9 heteroatoms. The summed E-state index contributed by atoms with van der Waals surface area (Å²) in [6, 6.07) is 13.8. The maximum Gasteiger partial charge on any atom is 0.258 e. The van der Waals surface area contributed by atoms with Crippen molar-refractivity contribution < 1.29 is 22.7 Å². The monoisotopic (exact) mass is 447 g/mol. The molecule has 8 nitrogen and oxygen atoms in total. The van der Waals surface area contributed by atoms with Crippen molar-refractivity contribution in [3.63, 3.8) is 0 Å². The molecule has 1 saturated heterocycles. The lowest BCUT2D eigenvalue weighted by Crippen LogP contribution is -2.47. The molecule has 1 heterocycles. The Bertz CT molecular complexity index is 971. The van der Waals surface area contributed by atoms with Crippen LogP contribution in [-0.4, -0.2) is 70.0 Å². The van der Waals surface area contributed by atoms with E-state index >= 15 is 0 Å². The lowest BCUT2D eigenvalue weighted by Gasteiger charge is -2.31. The highest BCUT2D eigenvalue weighted by Crippen LogP contribution is 2.26. The number of carbonyl (C=O) groups excluding carboxylic acids is 1. The van der Waals surface area contributed by atoms with Crippen LogP contribution < -0.4 is 14.8 Å². The van der Waals surface area contributed by atoms with Gasteiger partial charge >= 0.3 is 0 Å². The molecule has 0 unspecified atom stereocenters. The zero-order valence-corrected chi connectivity index (χ0v) is 18.7. The molecule has 0 bridgehead atoms. The fourth-order valence-electron chi connectivity index (χ4n) is 3.20. The quantitative estimate of drug-likeness (QED) is 0.630. The van der Waals surface area contributed by atoms with E-state index in [9.17, 15) is 13.2 Å². The summed E-state index contributed by atoms with van der Waals surface area (Å²) in [5.41, 5.74) is 0.806. The number of nitrogens with one attached hydrogen (secondary N) is 1. The average molecular weight is 448 g/mol. The lowest BCUT2D eigenvalue weighted by molar-refractivity contribution is -0.123. The van der Waals surface area contributed by atoms with Gasteiger partial charge in [-0.2, -0.15) is 4.31 Å². The molecule has 3 rings (SSSR count). The summed E-state index contributed by atoms with van der Waals surface area (Å²) in [5, 5.41) is 2.78. The fourth-order valence-corrected chi connectivity index (χ4v) is 4.62. The third-order valence-corrected chi connectivity index (χ3v) is 6.93. The molecule has 1 N–H and O–H groups in total. The Kier molecular flexibility index (Phi) is 7.89. The SMILES string of the molecule is CCOc1ccccc1OCC(=O)NCc1ccc(S(=O)(=O)N2CCN(C)CC2)cc1. The van der Waals surface area contributed by atoms with E-state index in [0.717, 1.165) is 18.7 Å². The Morgan fingerprint density at radius 1 is 0.968 bits per heavy atom. The number of likely N-dealkylation sites (N-methyl/N-ethyl adjacent to an activating group) is 1. The second-order valence-corrected chi connectivity index (χ2v) is 9.23. The first-order valence-electron chi connectivity index (χ1n) is 10.3. The molecule has 2 aromatic carbocycles. The number of para-hydroxylation sites is 2. The Balaban J connectivity index is 1.50. The number of sulfonamides is 1. The number of rotatable bonds is 9. The van der Waals surface area contributed by atoms with Gasteiger partial charge in [0.2, 0.25) is 10.0 Å². The first kappa shape index (κ1) is 23.1. The molecule has 0 aliphatic carbocycles. The zero-order valence-electron chi connectivity index (χ0n) is 17.9. The molecule has 0 radical (unpaired) electrons. The summed E-state index contributed by atoms with van der Waals surface area (Å²) in [6.45, 7) is 4.95. The van der Waals surface area contributed by atoms with Crippen molar-refractivity contribution in [2.75, 3.05) is 46.4 Å². The minimum atomic E-state index is -3.49. The lowest BCUT2D eigenvalue weighted by atomic mass is 10.2. The molecule has 0 aromatic heterocycles. The van der Waals surface area contributed by atoms with Crippen molar-refractivity contribution in [3.8, 4) is 11.5 Å². The molecule has 0 spiro atoms. The second-order valence-electron chi connectivity index (χ2n) is 7.30. The van der Waals surface area contributed by atoms with E-state index in [4.69, 9.17) is 9.47 Å². The van der Waals surface area contributed by atoms with Crippen molar-refractivity contribution in [3.05, 3.63) is 54.1 Å². The largest absolute Gasteiger partial charge is 0.490 e. The summed E-state index contributed by atoms with van der Waals surface area (Å²) in [6.07, 6.45) is 0. The van der Waals surface area contributed by atoms with E-state index in [1.807, 2.05) is 26.1 Å². The van der Waals surface area contributed by atoms with E-state index < -0.39 is 10.0 Å². The molecule has 1 aliphatic rings. The Hall–Kier alpha value is -2.62. The van der Waals surface area contributed by atoms with E-state index in [0.29, 0.717) is 31.2 Å². The standard InChI is InChI=1S/C22H29N3O5S/c1-3-29-20-6-4-5-7-21(20)30-17-22(26)23-16-18-8-10-19(11-9-18)31(27,28)25-14-12-24(2)13-15-25/h4-11H,3,12-17H2,1-2H3,(H,23,26). The van der Waals surface area contributed by atoms with Crippen LogP contribution in [0.15, 0.2) is 53.4 Å². The van der Waals surface area contributed by atoms with Crippen molar-refractivity contribution >= 4 is 15.9 Å². The number of nitrogens with zero attached hydrogens (tertiary/aromatic N) is 2. The molecular formula is C22H29N3O5S. The molecular weight excluding hydrogens is 418 g/mol. The zero-order chi connectivity index (χ0) is 22.3. The van der Waals surface area contributed by atoms with Crippen molar-refractivity contribution in [2.45, 2.75) is 18.4 Å². The van der Waals surface area contributed by atoms with Gasteiger partial charge in [0.25, 0.3) is 5.91 Å². The highest BCUT2D eigenvalue weighted by Gasteiger charge is 2.27. The topological polar surface area (TPSA) is 88.2 Å². The van der Waals surface area contributed by atoms with Crippen molar-refractivity contribution in [1.29, 1.82) is 0 Å². The number of hydrogen-bond donors (Lipinski definition) is 1. The van der Waals surface area contributed by atoms with Gasteiger partial charge in [0.05, 0.1) is 11.5 Å². The number of benzene rings is 2. The predicted octanol–water partition coefficient (Wildman–Crippen LogP) is 1.72. The molecule has 2 aromatic rings. The van der Waals surface area contributed by atoms with Crippen LogP contribution in [0.4, 0.5) is 0 Å². The molecule has 168 valence electrons. The van der Waals surface area contributed by atoms with Crippen LogP contribution in [0.5, 0.6) is 11.5 Å². The molecule has 1 fully saturated rings. The second kappa shape index (κ2) is 10.6. The van der Waals surface area contributed by atoms with Gasteiger partial charge < -0.3 is 19.7 Å². The first-order chi connectivity index (χ1) is 14.9. The van der Waals surface area contributed by atoms with Gasteiger partial charge in [-0.05, 0) is 43.8 Å².